The van der Waals surface area contributed by atoms with E-state index in [2.05, 4.69) is 21.2 Å². The number of hydrogen-bond acceptors (Lipinski definition) is 4. The van der Waals surface area contributed by atoms with Gasteiger partial charge in [0.25, 0.3) is 5.91 Å². The molecule has 1 atom stereocenters. The third-order valence-electron chi connectivity index (χ3n) is 3.32. The van der Waals surface area contributed by atoms with Gasteiger partial charge in [-0.15, -0.1) is 0 Å². The molecule has 1 saturated heterocycles. The van der Waals surface area contributed by atoms with Crippen molar-refractivity contribution in [2.75, 3.05) is 33.2 Å². The van der Waals surface area contributed by atoms with Gasteiger partial charge in [-0.25, -0.2) is 0 Å². The Kier molecular flexibility index (Phi) is 4.82. The standard InChI is InChI=1S/C13H18BrN3O3/c1-9-7-15-5-6-17(9)12(18)8-16(2)13(19)10-3-4-11(14)20-10/h3-4,9,15H,5-8H2,1-2H3/t9-/m0/s1. The number of carbonyl (C=O) groups excluding carboxylic acids is 2. The maximum Gasteiger partial charge on any atom is 0.289 e. The van der Waals surface area contributed by atoms with Crippen LogP contribution in [0, 0.1) is 0 Å². The van der Waals surface area contributed by atoms with E-state index in [0.29, 0.717) is 11.2 Å². The lowest BCUT2D eigenvalue weighted by molar-refractivity contribution is -0.134. The molecule has 1 aromatic rings. The maximum absolute atomic E-state index is 12.2. The van der Waals surface area contributed by atoms with Crippen molar-refractivity contribution >= 4 is 27.7 Å². The van der Waals surface area contributed by atoms with Crippen LogP contribution in [0.2, 0.25) is 0 Å². The van der Waals surface area contributed by atoms with Crippen molar-refractivity contribution in [3.8, 4) is 0 Å². The highest BCUT2D eigenvalue weighted by atomic mass is 79.9. The zero-order valence-electron chi connectivity index (χ0n) is 11.6. The van der Waals surface area contributed by atoms with Gasteiger partial charge in [0.15, 0.2) is 10.4 Å². The molecule has 20 heavy (non-hydrogen) atoms. The molecule has 1 aromatic heterocycles. The Morgan fingerprint density at radius 1 is 1.55 bits per heavy atom. The molecule has 6 nitrogen and oxygen atoms in total. The monoisotopic (exact) mass is 343 g/mol. The fourth-order valence-corrected chi connectivity index (χ4v) is 2.50. The Balaban J connectivity index is 1.95. The van der Waals surface area contributed by atoms with Crippen LogP contribution in [-0.4, -0.2) is 60.9 Å². The summed E-state index contributed by atoms with van der Waals surface area (Å²) >= 11 is 3.15. The van der Waals surface area contributed by atoms with Gasteiger partial charge in [0.2, 0.25) is 5.91 Å². The van der Waals surface area contributed by atoms with E-state index >= 15 is 0 Å². The van der Waals surface area contributed by atoms with Gasteiger partial charge >= 0.3 is 0 Å². The first-order chi connectivity index (χ1) is 9.49. The predicted molar refractivity (Wildman–Crippen MR) is 77.4 cm³/mol. The summed E-state index contributed by atoms with van der Waals surface area (Å²) in [5, 5.41) is 3.23. The lowest BCUT2D eigenvalue weighted by atomic mass is 10.2. The molecule has 0 saturated carbocycles. The van der Waals surface area contributed by atoms with E-state index < -0.39 is 0 Å². The van der Waals surface area contributed by atoms with E-state index in [1.165, 1.54) is 4.90 Å². The molecule has 0 bridgehead atoms. The number of hydrogen-bond donors (Lipinski definition) is 1. The van der Waals surface area contributed by atoms with Crippen molar-refractivity contribution < 1.29 is 14.0 Å². The van der Waals surface area contributed by atoms with Crippen LogP contribution in [0.1, 0.15) is 17.5 Å². The van der Waals surface area contributed by atoms with Crippen molar-refractivity contribution in [3.63, 3.8) is 0 Å². The first kappa shape index (κ1) is 15.1. The lowest BCUT2D eigenvalue weighted by Crippen LogP contribution is -2.54. The normalized spacial score (nSPS) is 18.9. The van der Waals surface area contributed by atoms with Crippen LogP contribution in [0.3, 0.4) is 0 Å². The van der Waals surface area contributed by atoms with E-state index in [-0.39, 0.29) is 30.2 Å². The first-order valence-corrected chi connectivity index (χ1v) is 7.29. The van der Waals surface area contributed by atoms with Gasteiger partial charge in [0.1, 0.15) is 0 Å². The summed E-state index contributed by atoms with van der Waals surface area (Å²) in [7, 11) is 1.60. The van der Waals surface area contributed by atoms with Crippen molar-refractivity contribution in [3.05, 3.63) is 22.6 Å². The fourth-order valence-electron chi connectivity index (χ4n) is 2.19. The van der Waals surface area contributed by atoms with Crippen molar-refractivity contribution in [2.24, 2.45) is 0 Å². The van der Waals surface area contributed by atoms with Gasteiger partial charge in [-0.2, -0.15) is 0 Å². The van der Waals surface area contributed by atoms with Gasteiger partial charge in [-0.1, -0.05) is 0 Å². The summed E-state index contributed by atoms with van der Waals surface area (Å²) in [5.41, 5.74) is 0. The molecule has 1 aliphatic rings. The second kappa shape index (κ2) is 6.41. The summed E-state index contributed by atoms with van der Waals surface area (Å²) in [5.74, 6) is -0.118. The van der Waals surface area contributed by atoms with Crippen LogP contribution < -0.4 is 5.32 Å². The Morgan fingerprint density at radius 2 is 2.30 bits per heavy atom. The molecule has 2 rings (SSSR count). The summed E-state index contributed by atoms with van der Waals surface area (Å²) in [6, 6.07) is 3.39. The smallest absolute Gasteiger partial charge is 0.289 e. The van der Waals surface area contributed by atoms with Crippen LogP contribution in [0.5, 0.6) is 0 Å². The number of furan rings is 1. The average molecular weight is 344 g/mol. The number of halogens is 1. The van der Waals surface area contributed by atoms with Crippen LogP contribution in [-0.2, 0) is 4.79 Å². The molecular weight excluding hydrogens is 326 g/mol. The topological polar surface area (TPSA) is 65.8 Å². The first-order valence-electron chi connectivity index (χ1n) is 6.50. The Labute approximate surface area is 126 Å². The van der Waals surface area contributed by atoms with Gasteiger partial charge in [-0.05, 0) is 35.0 Å². The Hall–Kier alpha value is -1.34. The maximum atomic E-state index is 12.2. The van der Waals surface area contributed by atoms with Crippen molar-refractivity contribution in [1.82, 2.24) is 15.1 Å². The molecule has 1 fully saturated rings. The minimum absolute atomic E-state index is 0.0412. The highest BCUT2D eigenvalue weighted by molar-refractivity contribution is 9.10. The van der Waals surface area contributed by atoms with Crippen LogP contribution in [0.4, 0.5) is 0 Å². The highest BCUT2D eigenvalue weighted by Gasteiger charge is 2.25. The van der Waals surface area contributed by atoms with E-state index in [1.54, 1.807) is 24.1 Å². The number of likely N-dealkylation sites (N-methyl/N-ethyl adjacent to an activating group) is 1. The summed E-state index contributed by atoms with van der Waals surface area (Å²) in [6.07, 6.45) is 0. The van der Waals surface area contributed by atoms with E-state index in [1.807, 2.05) is 6.92 Å². The molecule has 110 valence electrons. The zero-order chi connectivity index (χ0) is 14.7. The predicted octanol–water partition coefficient (Wildman–Crippen LogP) is 0.934. The Morgan fingerprint density at radius 3 is 2.90 bits per heavy atom. The minimum Gasteiger partial charge on any atom is -0.444 e. The van der Waals surface area contributed by atoms with Gasteiger partial charge in [0, 0.05) is 32.7 Å². The molecular formula is C13H18BrN3O3. The van der Waals surface area contributed by atoms with Gasteiger partial charge < -0.3 is 19.5 Å². The molecule has 2 amide bonds. The molecule has 0 aliphatic carbocycles. The van der Waals surface area contributed by atoms with Crippen molar-refractivity contribution in [2.45, 2.75) is 13.0 Å². The summed E-state index contributed by atoms with van der Waals surface area (Å²) in [6.45, 7) is 4.30. The number of rotatable bonds is 3. The number of piperazine rings is 1. The summed E-state index contributed by atoms with van der Waals surface area (Å²) in [4.78, 5) is 27.5. The van der Waals surface area contributed by atoms with Crippen LogP contribution in [0.25, 0.3) is 0 Å². The number of carbonyl (C=O) groups is 2. The molecule has 0 radical (unpaired) electrons. The SMILES string of the molecule is C[C@H]1CNCCN1C(=O)CN(C)C(=O)c1ccc(Br)o1. The highest BCUT2D eigenvalue weighted by Crippen LogP contribution is 2.15. The third kappa shape index (κ3) is 3.40. The second-order valence-corrected chi connectivity index (χ2v) is 5.69. The number of nitrogens with one attached hydrogen (secondary N) is 1. The molecule has 0 aromatic carbocycles. The average Bonchev–Trinajstić information content (AvgIpc) is 2.84. The molecule has 0 spiro atoms. The quantitative estimate of drug-likeness (QED) is 0.886. The minimum atomic E-state index is -0.299. The molecule has 1 N–H and O–H groups in total. The van der Waals surface area contributed by atoms with Crippen LogP contribution >= 0.6 is 15.9 Å². The zero-order valence-corrected chi connectivity index (χ0v) is 13.1. The molecule has 7 heteroatoms. The van der Waals surface area contributed by atoms with E-state index in [0.717, 1.165) is 13.1 Å². The largest absolute Gasteiger partial charge is 0.444 e. The number of nitrogens with zero attached hydrogens (tertiary/aromatic N) is 2. The Bertz CT molecular complexity index is 503. The molecule has 1 aliphatic heterocycles. The lowest BCUT2D eigenvalue weighted by Gasteiger charge is -2.34. The van der Waals surface area contributed by atoms with Gasteiger partial charge in [-0.3, -0.25) is 9.59 Å². The van der Waals surface area contributed by atoms with Gasteiger partial charge in [0.05, 0.1) is 6.54 Å². The van der Waals surface area contributed by atoms with Crippen molar-refractivity contribution in [1.29, 1.82) is 0 Å². The third-order valence-corrected chi connectivity index (χ3v) is 3.75. The second-order valence-electron chi connectivity index (χ2n) is 4.91. The number of amides is 2. The summed E-state index contributed by atoms with van der Waals surface area (Å²) < 4.78 is 5.70. The van der Waals surface area contributed by atoms with Crippen LogP contribution in [0.15, 0.2) is 21.2 Å². The molecule has 2 heterocycles. The van der Waals surface area contributed by atoms with E-state index in [4.69, 9.17) is 4.42 Å². The fraction of sp³-hybridized carbons (Fsp3) is 0.538. The molecule has 0 unspecified atom stereocenters. The van der Waals surface area contributed by atoms with E-state index in [9.17, 15) is 9.59 Å².